The summed E-state index contributed by atoms with van der Waals surface area (Å²) in [5.74, 6) is -0.239. The summed E-state index contributed by atoms with van der Waals surface area (Å²) in [4.78, 5) is 23.7. The minimum absolute atomic E-state index is 0.0378. The van der Waals surface area contributed by atoms with Gasteiger partial charge in [0.1, 0.15) is 5.60 Å². The molecule has 0 bridgehead atoms. The van der Waals surface area contributed by atoms with E-state index in [4.69, 9.17) is 4.74 Å². The maximum atomic E-state index is 12.2. The minimum Gasteiger partial charge on any atom is -0.460 e. The van der Waals surface area contributed by atoms with Gasteiger partial charge in [-0.3, -0.25) is 9.59 Å². The molecule has 1 atom stereocenters. The van der Waals surface area contributed by atoms with E-state index < -0.39 is 5.60 Å². The first-order chi connectivity index (χ1) is 10.8. The highest BCUT2D eigenvalue weighted by Gasteiger charge is 2.23. The van der Waals surface area contributed by atoms with Crippen LogP contribution in [0.25, 0.3) is 0 Å². The van der Waals surface area contributed by atoms with E-state index >= 15 is 0 Å². The number of thiophene rings is 1. The van der Waals surface area contributed by atoms with E-state index in [0.29, 0.717) is 5.56 Å². The average molecular weight is 330 g/mol. The van der Waals surface area contributed by atoms with Gasteiger partial charge in [0, 0.05) is 11.5 Å². The van der Waals surface area contributed by atoms with Gasteiger partial charge < -0.3 is 4.74 Å². The minimum atomic E-state index is -0.491. The van der Waals surface area contributed by atoms with Crippen LogP contribution < -0.4 is 0 Å². The van der Waals surface area contributed by atoms with Gasteiger partial charge in [0.25, 0.3) is 0 Å². The van der Waals surface area contributed by atoms with Gasteiger partial charge in [-0.2, -0.15) is 11.3 Å². The maximum absolute atomic E-state index is 12.2. The Bertz CT molecular complexity index is 664. The Labute approximate surface area is 141 Å². The molecule has 1 aromatic carbocycles. The highest BCUT2D eigenvalue weighted by atomic mass is 32.1. The fraction of sp³-hybridized carbons (Fsp3) is 0.368. The molecule has 1 aromatic heterocycles. The maximum Gasteiger partial charge on any atom is 0.307 e. The number of Topliss-reactive ketones (excluding diaryl/α,β-unsaturated/α-hetero) is 1. The third-order valence-electron chi connectivity index (χ3n) is 3.46. The molecule has 0 saturated carbocycles. The van der Waals surface area contributed by atoms with Crippen LogP contribution in [0.3, 0.4) is 0 Å². The van der Waals surface area contributed by atoms with Crippen LogP contribution in [0.1, 0.15) is 61.5 Å². The molecule has 3 nitrogen and oxygen atoms in total. The number of benzene rings is 1. The van der Waals surface area contributed by atoms with Gasteiger partial charge in [-0.25, -0.2) is 0 Å². The molecule has 0 N–H and O–H groups in total. The average Bonchev–Trinajstić information content (AvgIpc) is 2.97. The molecule has 0 spiro atoms. The van der Waals surface area contributed by atoms with Crippen LogP contribution in [0.15, 0.2) is 41.1 Å². The fourth-order valence-corrected chi connectivity index (χ4v) is 3.12. The molecule has 0 aliphatic rings. The van der Waals surface area contributed by atoms with Crippen LogP contribution in [0, 0.1) is 0 Å². The van der Waals surface area contributed by atoms with Crippen molar-refractivity contribution in [2.24, 2.45) is 0 Å². The molecule has 23 heavy (non-hydrogen) atoms. The molecule has 0 saturated heterocycles. The summed E-state index contributed by atoms with van der Waals surface area (Å²) >= 11 is 1.60. The molecule has 0 radical (unpaired) electrons. The Morgan fingerprint density at radius 3 is 2.22 bits per heavy atom. The first-order valence-corrected chi connectivity index (χ1v) is 8.55. The fourth-order valence-electron chi connectivity index (χ4n) is 2.40. The van der Waals surface area contributed by atoms with Crippen molar-refractivity contribution in [3.63, 3.8) is 0 Å². The SMILES string of the molecule is CC(=O)c1ccc([C@H](CC(=O)OC(C)(C)C)c2ccsc2)cc1. The number of carbonyl (C=O) groups is 2. The van der Waals surface area contributed by atoms with E-state index in [1.807, 2.05) is 61.9 Å². The van der Waals surface area contributed by atoms with Crippen LogP contribution in [0.4, 0.5) is 0 Å². The molecule has 0 aliphatic carbocycles. The lowest BCUT2D eigenvalue weighted by atomic mass is 9.89. The second kappa shape index (κ2) is 7.09. The lowest BCUT2D eigenvalue weighted by Gasteiger charge is -2.22. The van der Waals surface area contributed by atoms with Crippen LogP contribution in [-0.2, 0) is 9.53 Å². The Balaban J connectivity index is 2.25. The zero-order valence-corrected chi connectivity index (χ0v) is 14.8. The highest BCUT2D eigenvalue weighted by Crippen LogP contribution is 2.31. The van der Waals surface area contributed by atoms with E-state index in [0.717, 1.165) is 11.1 Å². The summed E-state index contributed by atoms with van der Waals surface area (Å²) in [6.07, 6.45) is 0.285. The first-order valence-electron chi connectivity index (χ1n) is 7.61. The van der Waals surface area contributed by atoms with Gasteiger partial charge in [0.05, 0.1) is 6.42 Å². The lowest BCUT2D eigenvalue weighted by molar-refractivity contribution is -0.155. The molecule has 4 heteroatoms. The van der Waals surface area contributed by atoms with Gasteiger partial charge in [-0.05, 0) is 55.6 Å². The molecule has 1 heterocycles. The van der Waals surface area contributed by atoms with Crippen LogP contribution in [-0.4, -0.2) is 17.4 Å². The molecule has 0 aliphatic heterocycles. The molecule has 2 aromatic rings. The molecule has 0 unspecified atom stereocenters. The Morgan fingerprint density at radius 2 is 1.74 bits per heavy atom. The van der Waals surface area contributed by atoms with E-state index in [2.05, 4.69) is 0 Å². The molecular formula is C19H22O3S. The predicted octanol–water partition coefficient (Wildman–Crippen LogP) is 4.81. The molecule has 0 amide bonds. The zero-order chi connectivity index (χ0) is 17.0. The monoisotopic (exact) mass is 330 g/mol. The quantitative estimate of drug-likeness (QED) is 0.583. The summed E-state index contributed by atoms with van der Waals surface area (Å²) in [5.41, 5.74) is 2.29. The smallest absolute Gasteiger partial charge is 0.307 e. The number of esters is 1. The molecule has 0 fully saturated rings. The van der Waals surface area contributed by atoms with E-state index in [9.17, 15) is 9.59 Å². The lowest BCUT2D eigenvalue weighted by Crippen LogP contribution is -2.25. The van der Waals surface area contributed by atoms with Gasteiger partial charge in [-0.1, -0.05) is 24.3 Å². The summed E-state index contributed by atoms with van der Waals surface area (Å²) < 4.78 is 5.46. The third kappa shape index (κ3) is 5.03. The second-order valence-corrected chi connectivity index (χ2v) is 7.36. The number of rotatable bonds is 5. The third-order valence-corrected chi connectivity index (χ3v) is 4.16. The second-order valence-electron chi connectivity index (χ2n) is 6.58. The van der Waals surface area contributed by atoms with Crippen molar-refractivity contribution in [3.8, 4) is 0 Å². The van der Waals surface area contributed by atoms with Gasteiger partial charge in [0.15, 0.2) is 5.78 Å². The van der Waals surface area contributed by atoms with Crippen molar-refractivity contribution in [1.29, 1.82) is 0 Å². The number of hydrogen-bond donors (Lipinski definition) is 0. The Morgan fingerprint density at radius 1 is 1.09 bits per heavy atom. The van der Waals surface area contributed by atoms with Crippen molar-refractivity contribution in [2.45, 2.75) is 45.6 Å². The molecule has 2 rings (SSSR count). The van der Waals surface area contributed by atoms with Gasteiger partial charge >= 0.3 is 5.97 Å². The Hall–Kier alpha value is -1.94. The van der Waals surface area contributed by atoms with Crippen molar-refractivity contribution in [1.82, 2.24) is 0 Å². The number of ether oxygens (including phenoxy) is 1. The van der Waals surface area contributed by atoms with E-state index in [-0.39, 0.29) is 24.1 Å². The molecular weight excluding hydrogens is 308 g/mol. The van der Waals surface area contributed by atoms with Crippen molar-refractivity contribution < 1.29 is 14.3 Å². The topological polar surface area (TPSA) is 43.4 Å². The van der Waals surface area contributed by atoms with Crippen molar-refractivity contribution in [3.05, 3.63) is 57.8 Å². The zero-order valence-electron chi connectivity index (χ0n) is 14.0. The van der Waals surface area contributed by atoms with Crippen molar-refractivity contribution >= 4 is 23.1 Å². The normalized spacial score (nSPS) is 12.7. The van der Waals surface area contributed by atoms with Crippen molar-refractivity contribution in [2.75, 3.05) is 0 Å². The predicted molar refractivity (Wildman–Crippen MR) is 93.1 cm³/mol. The molecule has 122 valence electrons. The number of carbonyl (C=O) groups excluding carboxylic acids is 2. The number of hydrogen-bond acceptors (Lipinski definition) is 4. The number of ketones is 1. The van der Waals surface area contributed by atoms with E-state index in [1.54, 1.807) is 18.3 Å². The van der Waals surface area contributed by atoms with E-state index in [1.165, 1.54) is 0 Å². The van der Waals surface area contributed by atoms with Gasteiger partial charge in [-0.15, -0.1) is 0 Å². The van der Waals surface area contributed by atoms with Crippen LogP contribution >= 0.6 is 11.3 Å². The van der Waals surface area contributed by atoms with Crippen LogP contribution in [0.5, 0.6) is 0 Å². The van der Waals surface area contributed by atoms with Crippen LogP contribution in [0.2, 0.25) is 0 Å². The summed E-state index contributed by atoms with van der Waals surface area (Å²) in [6.45, 7) is 7.15. The standard InChI is InChI=1S/C19H22O3S/c1-13(20)14-5-7-15(8-6-14)17(16-9-10-23-12-16)11-18(21)22-19(2,3)4/h5-10,12,17H,11H2,1-4H3/t17-/m0/s1. The summed E-state index contributed by atoms with van der Waals surface area (Å²) in [7, 11) is 0. The Kier molecular flexibility index (Phi) is 5.37. The van der Waals surface area contributed by atoms with Gasteiger partial charge in [0.2, 0.25) is 0 Å². The summed E-state index contributed by atoms with van der Waals surface area (Å²) in [5, 5.41) is 4.05. The first kappa shape index (κ1) is 17.4. The summed E-state index contributed by atoms with van der Waals surface area (Å²) in [6, 6.07) is 9.49. The highest BCUT2D eigenvalue weighted by molar-refractivity contribution is 7.08. The largest absolute Gasteiger partial charge is 0.460 e.